The molecule has 0 aliphatic carbocycles. The van der Waals surface area contributed by atoms with E-state index in [-0.39, 0.29) is 11.8 Å². The lowest BCUT2D eigenvalue weighted by Gasteiger charge is -2.23. The molecule has 2 aliphatic rings. The molecule has 6 rings (SSSR count). The number of pyridine rings is 2. The monoisotopic (exact) mass is 480 g/mol. The van der Waals surface area contributed by atoms with E-state index in [2.05, 4.69) is 39.4 Å². The van der Waals surface area contributed by atoms with Crippen LogP contribution in [0.25, 0.3) is 27.8 Å². The Labute approximate surface area is 209 Å². The molecule has 4 aromatic rings. The predicted molar refractivity (Wildman–Crippen MR) is 136 cm³/mol. The molecule has 36 heavy (non-hydrogen) atoms. The van der Waals surface area contributed by atoms with Gasteiger partial charge in [0.15, 0.2) is 0 Å². The fraction of sp³-hybridized carbons (Fsp3) is 0.370. The second-order valence-corrected chi connectivity index (χ2v) is 10.2. The predicted octanol–water partition coefficient (Wildman–Crippen LogP) is 3.22. The summed E-state index contributed by atoms with van der Waals surface area (Å²) in [5.41, 5.74) is 5.08. The Kier molecular flexibility index (Phi) is 5.25. The summed E-state index contributed by atoms with van der Waals surface area (Å²) in [7, 11) is 1.89. The van der Waals surface area contributed by atoms with E-state index in [0.29, 0.717) is 17.4 Å². The molecule has 0 unspecified atom stereocenters. The molecule has 6 heterocycles. The average Bonchev–Trinajstić information content (AvgIpc) is 3.65. The van der Waals surface area contributed by atoms with E-state index in [0.717, 1.165) is 59.8 Å². The van der Waals surface area contributed by atoms with Gasteiger partial charge in [-0.3, -0.25) is 9.48 Å². The third kappa shape index (κ3) is 3.70. The first-order valence-corrected chi connectivity index (χ1v) is 12.3. The molecule has 1 amide bonds. The molecule has 0 spiro atoms. The summed E-state index contributed by atoms with van der Waals surface area (Å²) in [5.74, 6) is 2.25. The van der Waals surface area contributed by atoms with Crippen LogP contribution in [0.3, 0.4) is 0 Å². The first-order valence-electron chi connectivity index (χ1n) is 12.3. The summed E-state index contributed by atoms with van der Waals surface area (Å²) in [4.78, 5) is 21.6. The van der Waals surface area contributed by atoms with Gasteiger partial charge in [-0.25, -0.2) is 9.50 Å². The zero-order valence-electron chi connectivity index (χ0n) is 20.7. The van der Waals surface area contributed by atoms with Crippen molar-refractivity contribution in [3.8, 4) is 28.3 Å². The fourth-order valence-electron chi connectivity index (χ4n) is 5.61. The quantitative estimate of drug-likeness (QED) is 0.445. The van der Waals surface area contributed by atoms with Crippen LogP contribution >= 0.6 is 0 Å². The Bertz CT molecular complexity index is 1480. The highest BCUT2D eigenvalue weighted by Gasteiger charge is 2.42. The normalized spacial score (nSPS) is 19.3. The van der Waals surface area contributed by atoms with Gasteiger partial charge >= 0.3 is 0 Å². The van der Waals surface area contributed by atoms with E-state index in [1.165, 1.54) is 0 Å². The number of carbonyl (C=O) groups excluding carboxylic acids is 1. The molecule has 2 aliphatic heterocycles. The topological polar surface area (TPSA) is 95.4 Å². The maximum absolute atomic E-state index is 12.4. The van der Waals surface area contributed by atoms with Crippen molar-refractivity contribution in [2.45, 2.75) is 13.8 Å². The van der Waals surface area contributed by atoms with Crippen molar-refractivity contribution in [3.63, 3.8) is 0 Å². The number of fused-ring (bicyclic) bond motifs is 2. The minimum absolute atomic E-state index is 0.0506. The van der Waals surface area contributed by atoms with E-state index in [9.17, 15) is 10.1 Å². The van der Waals surface area contributed by atoms with Gasteiger partial charge < -0.3 is 9.80 Å². The van der Waals surface area contributed by atoms with Crippen LogP contribution < -0.4 is 4.90 Å². The molecule has 182 valence electrons. The van der Waals surface area contributed by atoms with Gasteiger partial charge in [-0.15, -0.1) is 0 Å². The van der Waals surface area contributed by atoms with E-state index >= 15 is 0 Å². The first-order chi connectivity index (χ1) is 17.4. The van der Waals surface area contributed by atoms with E-state index in [4.69, 9.17) is 4.98 Å². The van der Waals surface area contributed by atoms with Crippen LogP contribution in [0.1, 0.15) is 19.4 Å². The number of hydrogen-bond donors (Lipinski definition) is 0. The summed E-state index contributed by atoms with van der Waals surface area (Å²) in [6.07, 6.45) is 9.19. The molecule has 4 aromatic heterocycles. The van der Waals surface area contributed by atoms with Crippen LogP contribution in [-0.2, 0) is 11.8 Å². The Morgan fingerprint density at radius 2 is 1.78 bits per heavy atom. The summed E-state index contributed by atoms with van der Waals surface area (Å²) < 4.78 is 3.53. The molecule has 9 heteroatoms. The highest BCUT2D eigenvalue weighted by Crippen LogP contribution is 2.36. The smallest absolute Gasteiger partial charge is 0.225 e. The lowest BCUT2D eigenvalue weighted by atomic mass is 10.0. The van der Waals surface area contributed by atoms with Gasteiger partial charge in [0.05, 0.1) is 23.5 Å². The summed E-state index contributed by atoms with van der Waals surface area (Å²) >= 11 is 0. The number of nitriles is 1. The Morgan fingerprint density at radius 3 is 2.39 bits per heavy atom. The maximum atomic E-state index is 12.4. The summed E-state index contributed by atoms with van der Waals surface area (Å²) in [5, 5.41) is 18.4. The van der Waals surface area contributed by atoms with E-state index in [1.54, 1.807) is 15.4 Å². The van der Waals surface area contributed by atoms with Gasteiger partial charge in [0, 0.05) is 91.8 Å². The lowest BCUT2D eigenvalue weighted by Crippen LogP contribution is -2.35. The van der Waals surface area contributed by atoms with Crippen molar-refractivity contribution < 1.29 is 4.79 Å². The number of carbonyl (C=O) groups is 1. The molecule has 2 saturated heterocycles. The maximum Gasteiger partial charge on any atom is 0.225 e. The molecule has 0 N–H and O–H groups in total. The van der Waals surface area contributed by atoms with Crippen molar-refractivity contribution >= 4 is 17.2 Å². The molecular weight excluding hydrogens is 452 g/mol. The SMILES string of the molecule is CC(C)C(=O)N1C[C@@H]2CN(c3ccc(-c4cc(-c5cnn(C)c5)cn5ncc(C#N)c45)cn3)C[C@@H]2C1. The third-order valence-corrected chi connectivity index (χ3v) is 7.45. The van der Waals surface area contributed by atoms with Gasteiger partial charge in [0.1, 0.15) is 11.9 Å². The van der Waals surface area contributed by atoms with Crippen molar-refractivity contribution in [2.75, 3.05) is 31.1 Å². The van der Waals surface area contributed by atoms with Crippen molar-refractivity contribution in [1.29, 1.82) is 5.26 Å². The van der Waals surface area contributed by atoms with Crippen LogP contribution in [0.15, 0.2) is 49.2 Å². The average molecular weight is 481 g/mol. The number of aromatic nitrogens is 5. The van der Waals surface area contributed by atoms with Gasteiger partial charge in [-0.05, 0) is 18.2 Å². The molecule has 9 nitrogen and oxygen atoms in total. The van der Waals surface area contributed by atoms with Crippen molar-refractivity contribution in [2.24, 2.45) is 24.8 Å². The first kappa shape index (κ1) is 22.3. The summed E-state index contributed by atoms with van der Waals surface area (Å²) in [6, 6.07) is 8.47. The second kappa shape index (κ2) is 8.48. The Hall–Kier alpha value is -4.19. The van der Waals surface area contributed by atoms with Crippen LogP contribution in [-0.4, -0.2) is 61.4 Å². The van der Waals surface area contributed by atoms with Gasteiger partial charge in [0.2, 0.25) is 5.91 Å². The van der Waals surface area contributed by atoms with Gasteiger partial charge in [-0.2, -0.15) is 15.5 Å². The standard InChI is InChI=1S/C27H28N8O/c1-17(2)27(36)34-14-22-12-33(13-23(22)15-34)25-5-4-18(8-29-25)24-6-19(21-10-30-32(3)11-21)16-35-26(24)20(7-28)9-31-35/h4-6,8-11,16-17,22-23H,12-15H2,1-3H3/t22-,23+. The van der Waals surface area contributed by atoms with Crippen molar-refractivity contribution in [3.05, 3.63) is 54.7 Å². The molecule has 2 fully saturated rings. The van der Waals surface area contributed by atoms with Crippen LogP contribution in [0.2, 0.25) is 0 Å². The molecule has 0 radical (unpaired) electrons. The molecule has 0 saturated carbocycles. The Morgan fingerprint density at radius 1 is 1.00 bits per heavy atom. The number of anilines is 1. The lowest BCUT2D eigenvalue weighted by molar-refractivity contribution is -0.133. The Balaban J connectivity index is 1.28. The minimum atomic E-state index is 0.0506. The van der Waals surface area contributed by atoms with E-state index in [1.807, 2.05) is 50.6 Å². The summed E-state index contributed by atoms with van der Waals surface area (Å²) in [6.45, 7) is 7.46. The van der Waals surface area contributed by atoms with Crippen LogP contribution in [0.5, 0.6) is 0 Å². The number of likely N-dealkylation sites (tertiary alicyclic amines) is 1. The zero-order chi connectivity index (χ0) is 25.0. The highest BCUT2D eigenvalue weighted by atomic mass is 16.2. The van der Waals surface area contributed by atoms with Crippen LogP contribution in [0.4, 0.5) is 5.82 Å². The molecular formula is C27H28N8O. The molecule has 2 atom stereocenters. The van der Waals surface area contributed by atoms with Gasteiger partial charge in [-0.1, -0.05) is 13.8 Å². The van der Waals surface area contributed by atoms with Gasteiger partial charge in [0.25, 0.3) is 0 Å². The number of amides is 1. The molecule has 0 bridgehead atoms. The number of nitrogens with zero attached hydrogens (tertiary/aromatic N) is 8. The second-order valence-electron chi connectivity index (χ2n) is 10.2. The largest absolute Gasteiger partial charge is 0.356 e. The minimum Gasteiger partial charge on any atom is -0.356 e. The number of hydrogen-bond acceptors (Lipinski definition) is 6. The van der Waals surface area contributed by atoms with E-state index < -0.39 is 0 Å². The number of rotatable bonds is 4. The van der Waals surface area contributed by atoms with Crippen LogP contribution in [0, 0.1) is 29.1 Å². The molecule has 0 aromatic carbocycles. The zero-order valence-corrected chi connectivity index (χ0v) is 20.7. The highest BCUT2D eigenvalue weighted by molar-refractivity contribution is 5.87. The van der Waals surface area contributed by atoms with Crippen molar-refractivity contribution in [1.82, 2.24) is 29.3 Å². The third-order valence-electron chi connectivity index (χ3n) is 7.45. The number of aryl methyl sites for hydroxylation is 1. The fourth-order valence-corrected chi connectivity index (χ4v) is 5.61.